The number of carbonyl (C=O) groups is 1. The second-order valence-corrected chi connectivity index (χ2v) is 9.94. The van der Waals surface area contributed by atoms with Crippen molar-refractivity contribution in [3.8, 4) is 22.5 Å². The van der Waals surface area contributed by atoms with Crippen LogP contribution in [0.4, 0.5) is 4.39 Å². The van der Waals surface area contributed by atoms with Crippen molar-refractivity contribution in [1.82, 2.24) is 20.1 Å². The summed E-state index contributed by atoms with van der Waals surface area (Å²) in [6, 6.07) is 11.8. The molecule has 3 aromatic rings. The topological polar surface area (TPSA) is 94.0 Å². The number of aromatic nitrogens is 3. The Morgan fingerprint density at radius 2 is 2.00 bits per heavy atom. The van der Waals surface area contributed by atoms with Crippen LogP contribution < -0.4 is 5.32 Å². The first-order valence-electron chi connectivity index (χ1n) is 10.1. The summed E-state index contributed by atoms with van der Waals surface area (Å²) in [6.07, 6.45) is 4.19. The van der Waals surface area contributed by atoms with Gasteiger partial charge in [-0.2, -0.15) is 5.10 Å². The van der Waals surface area contributed by atoms with Crippen molar-refractivity contribution in [1.29, 1.82) is 0 Å². The van der Waals surface area contributed by atoms with E-state index in [4.69, 9.17) is 0 Å². The molecule has 31 heavy (non-hydrogen) atoms. The van der Waals surface area contributed by atoms with E-state index in [2.05, 4.69) is 15.4 Å². The summed E-state index contributed by atoms with van der Waals surface area (Å²) in [5.41, 5.74) is 3.20. The zero-order valence-electron chi connectivity index (χ0n) is 16.9. The number of hydrogen-bond acceptors (Lipinski definition) is 5. The SMILES string of the molecule is O=C(C[C@H]1CCS(=O)(=O)C1)NCCn1nc(-c2ccc(F)cc2)cc1-c1cccnc1. The van der Waals surface area contributed by atoms with Gasteiger partial charge in [0, 0.05) is 36.5 Å². The Labute approximate surface area is 180 Å². The standard InChI is InChI=1S/C22H23FN4O3S/c23-19-5-3-17(4-6-19)20-13-21(18-2-1-8-24-14-18)27(26-20)10-9-25-22(28)12-16-7-11-31(29,30)15-16/h1-6,8,13-14,16H,7,9-12,15H2,(H,25,28)/t16-/m1/s1. The third-order valence-electron chi connectivity index (χ3n) is 5.32. The molecule has 1 aliphatic heterocycles. The van der Waals surface area contributed by atoms with Gasteiger partial charge in [-0.15, -0.1) is 0 Å². The summed E-state index contributed by atoms with van der Waals surface area (Å²) in [5.74, 6) is -0.319. The van der Waals surface area contributed by atoms with Gasteiger partial charge in [-0.3, -0.25) is 14.5 Å². The van der Waals surface area contributed by atoms with Crippen LogP contribution >= 0.6 is 0 Å². The van der Waals surface area contributed by atoms with Crippen LogP contribution in [-0.2, 0) is 21.2 Å². The van der Waals surface area contributed by atoms with Gasteiger partial charge in [0.1, 0.15) is 5.82 Å². The van der Waals surface area contributed by atoms with Gasteiger partial charge in [0.2, 0.25) is 5.91 Å². The fourth-order valence-electron chi connectivity index (χ4n) is 3.76. The van der Waals surface area contributed by atoms with E-state index >= 15 is 0 Å². The zero-order chi connectivity index (χ0) is 21.8. The molecule has 0 spiro atoms. The summed E-state index contributed by atoms with van der Waals surface area (Å²) < 4.78 is 38.2. The number of hydrogen-bond donors (Lipinski definition) is 1. The monoisotopic (exact) mass is 442 g/mol. The van der Waals surface area contributed by atoms with Gasteiger partial charge in [0.15, 0.2) is 9.84 Å². The summed E-state index contributed by atoms with van der Waals surface area (Å²) in [5, 5.41) is 7.50. The molecule has 0 radical (unpaired) electrons. The van der Waals surface area contributed by atoms with E-state index in [0.717, 1.165) is 16.8 Å². The Hall–Kier alpha value is -3.07. The van der Waals surface area contributed by atoms with Crippen LogP contribution in [0.25, 0.3) is 22.5 Å². The second-order valence-electron chi connectivity index (χ2n) is 7.71. The molecular formula is C22H23FN4O3S. The van der Waals surface area contributed by atoms with E-state index in [1.807, 2.05) is 18.2 Å². The lowest BCUT2D eigenvalue weighted by Crippen LogP contribution is -2.29. The third-order valence-corrected chi connectivity index (χ3v) is 7.16. The highest BCUT2D eigenvalue weighted by Gasteiger charge is 2.29. The molecule has 1 N–H and O–H groups in total. The van der Waals surface area contributed by atoms with E-state index in [0.29, 0.717) is 25.2 Å². The van der Waals surface area contributed by atoms with Crippen molar-refractivity contribution in [3.05, 3.63) is 60.7 Å². The average molecular weight is 443 g/mol. The van der Waals surface area contributed by atoms with Gasteiger partial charge in [-0.05, 0) is 54.8 Å². The van der Waals surface area contributed by atoms with Gasteiger partial charge >= 0.3 is 0 Å². The van der Waals surface area contributed by atoms with Gasteiger partial charge in [-0.25, -0.2) is 12.8 Å². The van der Waals surface area contributed by atoms with Crippen LogP contribution in [0, 0.1) is 11.7 Å². The molecule has 4 rings (SSSR count). The fraction of sp³-hybridized carbons (Fsp3) is 0.318. The lowest BCUT2D eigenvalue weighted by atomic mass is 10.1. The minimum absolute atomic E-state index is 0.0890. The zero-order valence-corrected chi connectivity index (χ0v) is 17.7. The Balaban J connectivity index is 1.45. The number of nitrogens with zero attached hydrogens (tertiary/aromatic N) is 3. The third kappa shape index (κ3) is 5.35. The van der Waals surface area contributed by atoms with Crippen LogP contribution in [0.3, 0.4) is 0 Å². The highest BCUT2D eigenvalue weighted by atomic mass is 32.2. The van der Waals surface area contributed by atoms with Crippen LogP contribution in [0.15, 0.2) is 54.9 Å². The highest BCUT2D eigenvalue weighted by Crippen LogP contribution is 2.26. The number of halogens is 1. The van der Waals surface area contributed by atoms with Crippen LogP contribution in [0.2, 0.25) is 0 Å². The van der Waals surface area contributed by atoms with Crippen molar-refractivity contribution in [2.75, 3.05) is 18.1 Å². The molecule has 162 valence electrons. The number of nitrogens with one attached hydrogen (secondary N) is 1. The molecular weight excluding hydrogens is 419 g/mol. The van der Waals surface area contributed by atoms with Gasteiger partial charge in [0.25, 0.3) is 0 Å². The van der Waals surface area contributed by atoms with E-state index in [1.165, 1.54) is 12.1 Å². The normalized spacial score (nSPS) is 17.5. The maximum atomic E-state index is 13.3. The van der Waals surface area contributed by atoms with Crippen LogP contribution in [-0.4, -0.2) is 47.1 Å². The molecule has 0 aliphatic carbocycles. The maximum Gasteiger partial charge on any atom is 0.220 e. The first-order chi connectivity index (χ1) is 14.9. The smallest absolute Gasteiger partial charge is 0.220 e. The van der Waals surface area contributed by atoms with Crippen LogP contribution in [0.1, 0.15) is 12.8 Å². The first kappa shape index (κ1) is 21.2. The first-order valence-corrected chi connectivity index (χ1v) is 11.9. The Morgan fingerprint density at radius 3 is 2.68 bits per heavy atom. The summed E-state index contributed by atoms with van der Waals surface area (Å²) in [7, 11) is -2.99. The average Bonchev–Trinajstić information content (AvgIpc) is 3.32. The minimum atomic E-state index is -2.99. The quantitative estimate of drug-likeness (QED) is 0.607. The minimum Gasteiger partial charge on any atom is -0.354 e. The lowest BCUT2D eigenvalue weighted by molar-refractivity contribution is -0.121. The lowest BCUT2D eigenvalue weighted by Gasteiger charge is -2.10. The molecule has 7 nitrogen and oxygen atoms in total. The van der Waals surface area contributed by atoms with Crippen molar-refractivity contribution >= 4 is 15.7 Å². The van der Waals surface area contributed by atoms with E-state index < -0.39 is 9.84 Å². The highest BCUT2D eigenvalue weighted by molar-refractivity contribution is 7.91. The summed E-state index contributed by atoms with van der Waals surface area (Å²) in [6.45, 7) is 0.788. The largest absolute Gasteiger partial charge is 0.354 e. The van der Waals surface area contributed by atoms with Crippen molar-refractivity contribution in [3.63, 3.8) is 0 Å². The maximum absolute atomic E-state index is 13.3. The molecule has 1 fully saturated rings. The van der Waals surface area contributed by atoms with Crippen molar-refractivity contribution in [2.45, 2.75) is 19.4 Å². The molecule has 1 saturated heterocycles. The Morgan fingerprint density at radius 1 is 1.19 bits per heavy atom. The van der Waals surface area contributed by atoms with Gasteiger partial charge < -0.3 is 5.32 Å². The van der Waals surface area contributed by atoms with E-state index in [9.17, 15) is 17.6 Å². The van der Waals surface area contributed by atoms with Crippen molar-refractivity contribution < 1.29 is 17.6 Å². The Kier molecular flexibility index (Phi) is 6.13. The van der Waals surface area contributed by atoms with Gasteiger partial charge in [0.05, 0.1) is 29.4 Å². The number of carbonyl (C=O) groups excluding carboxylic acids is 1. The molecule has 0 saturated carbocycles. The van der Waals surface area contributed by atoms with Gasteiger partial charge in [-0.1, -0.05) is 0 Å². The molecule has 2 aromatic heterocycles. The molecule has 1 aliphatic rings. The van der Waals surface area contributed by atoms with E-state index in [-0.39, 0.29) is 35.6 Å². The summed E-state index contributed by atoms with van der Waals surface area (Å²) in [4.78, 5) is 16.4. The molecule has 9 heteroatoms. The number of rotatable bonds is 7. The molecule has 1 amide bonds. The fourth-order valence-corrected chi connectivity index (χ4v) is 5.63. The molecule has 0 bridgehead atoms. The number of benzene rings is 1. The van der Waals surface area contributed by atoms with Crippen molar-refractivity contribution in [2.24, 2.45) is 5.92 Å². The molecule has 3 heterocycles. The van der Waals surface area contributed by atoms with E-state index in [1.54, 1.807) is 29.2 Å². The number of sulfone groups is 1. The Bertz CT molecular complexity index is 1160. The summed E-state index contributed by atoms with van der Waals surface area (Å²) >= 11 is 0. The molecule has 1 aromatic carbocycles. The molecule has 0 unspecified atom stereocenters. The number of amides is 1. The van der Waals surface area contributed by atoms with Crippen LogP contribution in [0.5, 0.6) is 0 Å². The predicted octanol–water partition coefficient (Wildman–Crippen LogP) is 2.69. The second kappa shape index (κ2) is 8.97. The number of pyridine rings is 1. The predicted molar refractivity (Wildman–Crippen MR) is 115 cm³/mol. The molecule has 1 atom stereocenters.